The summed E-state index contributed by atoms with van der Waals surface area (Å²) in [5, 5.41) is 2.90. The Morgan fingerprint density at radius 3 is 1.93 bits per heavy atom. The van der Waals surface area contributed by atoms with Crippen molar-refractivity contribution < 1.29 is 13.2 Å². The van der Waals surface area contributed by atoms with Gasteiger partial charge in [0.1, 0.15) is 6.04 Å². The fourth-order valence-corrected chi connectivity index (χ4v) is 4.68. The molecule has 1 atom stereocenters. The zero-order valence-electron chi connectivity index (χ0n) is 18.6. The smallest absolute Gasteiger partial charge is 0.244 e. The Morgan fingerprint density at radius 2 is 1.47 bits per heavy atom. The second-order valence-corrected chi connectivity index (χ2v) is 9.23. The number of sulfonamides is 1. The lowest BCUT2D eigenvalue weighted by atomic mass is 10.1. The van der Waals surface area contributed by atoms with Gasteiger partial charge in [0.2, 0.25) is 15.9 Å². The Bertz CT molecular complexity index is 921. The molecule has 2 rings (SSSR count). The zero-order chi connectivity index (χ0) is 22.3. The van der Waals surface area contributed by atoms with Crippen molar-refractivity contribution in [2.45, 2.75) is 46.7 Å². The van der Waals surface area contributed by atoms with Gasteiger partial charge in [0.25, 0.3) is 0 Å². The van der Waals surface area contributed by atoms with Gasteiger partial charge in [0.15, 0.2) is 0 Å². The molecule has 0 radical (unpaired) electrons. The number of benzene rings is 2. The van der Waals surface area contributed by atoms with E-state index in [0.717, 1.165) is 36.2 Å². The van der Waals surface area contributed by atoms with E-state index in [1.807, 2.05) is 50.2 Å². The first-order valence-electron chi connectivity index (χ1n) is 10.4. The van der Waals surface area contributed by atoms with Crippen LogP contribution in [0.4, 0.5) is 11.4 Å². The fraction of sp³-hybridized carbons (Fsp3) is 0.435. The lowest BCUT2D eigenvalue weighted by molar-refractivity contribution is -0.122. The average Bonchev–Trinajstić information content (AvgIpc) is 2.72. The highest BCUT2D eigenvalue weighted by Gasteiger charge is 2.31. The number of carbonyl (C=O) groups excluding carboxylic acids is 1. The van der Waals surface area contributed by atoms with Crippen molar-refractivity contribution in [3.8, 4) is 0 Å². The summed E-state index contributed by atoms with van der Waals surface area (Å²) in [6, 6.07) is 14.4. The Hall–Kier alpha value is -2.54. The summed E-state index contributed by atoms with van der Waals surface area (Å²) in [4.78, 5) is 15.2. The third-order valence-corrected chi connectivity index (χ3v) is 6.33. The number of hydrogen-bond acceptors (Lipinski definition) is 4. The summed E-state index contributed by atoms with van der Waals surface area (Å²) in [6.07, 6.45) is 1.50. The topological polar surface area (TPSA) is 69.7 Å². The molecule has 0 heterocycles. The average molecular weight is 432 g/mol. The third kappa shape index (κ3) is 5.98. The summed E-state index contributed by atoms with van der Waals surface area (Å²) in [5.74, 6) is -0.309. The molecule has 2 aromatic rings. The first-order chi connectivity index (χ1) is 14.2. The second kappa shape index (κ2) is 10.5. The van der Waals surface area contributed by atoms with Crippen molar-refractivity contribution in [2.24, 2.45) is 0 Å². The van der Waals surface area contributed by atoms with Crippen LogP contribution in [0.25, 0.3) is 0 Å². The number of hydrogen-bond donors (Lipinski definition) is 1. The van der Waals surface area contributed by atoms with E-state index < -0.39 is 16.1 Å². The number of anilines is 2. The largest absolute Gasteiger partial charge is 0.372 e. The number of nitrogens with one attached hydrogen (secondary N) is 1. The van der Waals surface area contributed by atoms with Gasteiger partial charge in [-0.25, -0.2) is 8.42 Å². The predicted octanol–water partition coefficient (Wildman–Crippen LogP) is 3.70. The van der Waals surface area contributed by atoms with E-state index in [9.17, 15) is 13.2 Å². The summed E-state index contributed by atoms with van der Waals surface area (Å²) in [5.41, 5.74) is 3.63. The maximum absolute atomic E-state index is 12.9. The molecule has 0 saturated carbocycles. The van der Waals surface area contributed by atoms with Crippen LogP contribution in [0, 0.1) is 6.92 Å². The molecule has 6 nitrogen and oxygen atoms in total. The standard InChI is InChI=1S/C23H33N3O3S/c1-6-22(26(30(5,28)29)21-13-9-18(4)10-14-21)23(27)24-17-19-11-15-20(16-12-19)25(7-2)8-3/h9-16,22H,6-8,17H2,1-5H3,(H,24,27)/t22-/m1/s1. The van der Waals surface area contributed by atoms with E-state index in [-0.39, 0.29) is 5.91 Å². The van der Waals surface area contributed by atoms with Gasteiger partial charge in [0, 0.05) is 25.3 Å². The normalized spacial score (nSPS) is 12.3. The quantitative estimate of drug-likeness (QED) is 0.623. The van der Waals surface area contributed by atoms with Crippen LogP contribution in [-0.2, 0) is 21.4 Å². The third-order valence-electron chi connectivity index (χ3n) is 5.15. The van der Waals surface area contributed by atoms with Crippen molar-refractivity contribution in [1.82, 2.24) is 5.32 Å². The molecule has 1 N–H and O–H groups in total. The molecule has 1 amide bonds. The fourth-order valence-electron chi connectivity index (χ4n) is 3.47. The van der Waals surface area contributed by atoms with Gasteiger partial charge in [-0.1, -0.05) is 36.8 Å². The predicted molar refractivity (Wildman–Crippen MR) is 124 cm³/mol. The molecule has 164 valence electrons. The molecular formula is C23H33N3O3S. The van der Waals surface area contributed by atoms with E-state index >= 15 is 0 Å². The molecule has 0 aliphatic heterocycles. The lowest BCUT2D eigenvalue weighted by Crippen LogP contribution is -2.49. The minimum atomic E-state index is -3.62. The van der Waals surface area contributed by atoms with Crippen molar-refractivity contribution in [3.63, 3.8) is 0 Å². The number of carbonyl (C=O) groups is 1. The van der Waals surface area contributed by atoms with Crippen LogP contribution in [-0.4, -0.2) is 39.7 Å². The Labute approximate surface area is 180 Å². The molecule has 7 heteroatoms. The van der Waals surface area contributed by atoms with Crippen LogP contribution in [0.1, 0.15) is 38.3 Å². The van der Waals surface area contributed by atoms with Crippen molar-refractivity contribution in [2.75, 3.05) is 28.6 Å². The second-order valence-electron chi connectivity index (χ2n) is 7.37. The number of nitrogens with zero attached hydrogens (tertiary/aromatic N) is 2. The number of aryl methyl sites for hydroxylation is 1. The minimum Gasteiger partial charge on any atom is -0.372 e. The molecule has 0 aliphatic carbocycles. The van der Waals surface area contributed by atoms with Crippen molar-refractivity contribution in [1.29, 1.82) is 0 Å². The van der Waals surface area contributed by atoms with E-state index in [4.69, 9.17) is 0 Å². The van der Waals surface area contributed by atoms with Gasteiger partial charge in [-0.05, 0) is 57.0 Å². The first kappa shape index (κ1) is 23.7. The highest BCUT2D eigenvalue weighted by atomic mass is 32.2. The van der Waals surface area contributed by atoms with Gasteiger partial charge in [-0.3, -0.25) is 9.10 Å². The molecule has 0 spiro atoms. The van der Waals surface area contributed by atoms with Crippen LogP contribution in [0.3, 0.4) is 0 Å². The van der Waals surface area contributed by atoms with Gasteiger partial charge in [0.05, 0.1) is 11.9 Å². The Balaban J connectivity index is 2.15. The molecular weight excluding hydrogens is 398 g/mol. The summed E-state index contributed by atoms with van der Waals surface area (Å²) in [6.45, 7) is 10.2. The molecule has 0 aliphatic rings. The van der Waals surface area contributed by atoms with Gasteiger partial charge < -0.3 is 10.2 Å². The molecule has 0 aromatic heterocycles. The van der Waals surface area contributed by atoms with Crippen molar-refractivity contribution in [3.05, 3.63) is 59.7 Å². The van der Waals surface area contributed by atoms with Crippen LogP contribution < -0.4 is 14.5 Å². The summed E-state index contributed by atoms with van der Waals surface area (Å²) >= 11 is 0. The highest BCUT2D eigenvalue weighted by molar-refractivity contribution is 7.92. The lowest BCUT2D eigenvalue weighted by Gasteiger charge is -2.30. The van der Waals surface area contributed by atoms with Gasteiger partial charge in [-0.2, -0.15) is 0 Å². The van der Waals surface area contributed by atoms with Gasteiger partial charge in [-0.15, -0.1) is 0 Å². The maximum Gasteiger partial charge on any atom is 0.244 e. The number of amides is 1. The first-order valence-corrected chi connectivity index (χ1v) is 12.2. The summed E-state index contributed by atoms with van der Waals surface area (Å²) < 4.78 is 26.2. The van der Waals surface area contributed by atoms with Crippen LogP contribution in [0.15, 0.2) is 48.5 Å². The number of rotatable bonds is 10. The monoisotopic (exact) mass is 431 g/mol. The summed E-state index contributed by atoms with van der Waals surface area (Å²) in [7, 11) is -3.62. The minimum absolute atomic E-state index is 0.309. The van der Waals surface area contributed by atoms with Crippen LogP contribution in [0.2, 0.25) is 0 Å². The molecule has 0 unspecified atom stereocenters. The molecule has 0 bridgehead atoms. The van der Waals surface area contributed by atoms with E-state index in [2.05, 4.69) is 24.1 Å². The van der Waals surface area contributed by atoms with Crippen LogP contribution >= 0.6 is 0 Å². The van der Waals surface area contributed by atoms with E-state index in [0.29, 0.717) is 18.7 Å². The highest BCUT2D eigenvalue weighted by Crippen LogP contribution is 2.23. The van der Waals surface area contributed by atoms with Crippen molar-refractivity contribution >= 4 is 27.3 Å². The van der Waals surface area contributed by atoms with Gasteiger partial charge >= 0.3 is 0 Å². The van der Waals surface area contributed by atoms with E-state index in [1.165, 1.54) is 4.31 Å². The molecule has 0 saturated heterocycles. The molecule has 30 heavy (non-hydrogen) atoms. The Kier molecular flexibility index (Phi) is 8.29. The maximum atomic E-state index is 12.9. The Morgan fingerprint density at radius 1 is 0.933 bits per heavy atom. The van der Waals surface area contributed by atoms with Crippen LogP contribution in [0.5, 0.6) is 0 Å². The van der Waals surface area contributed by atoms with E-state index in [1.54, 1.807) is 12.1 Å². The molecule has 0 fully saturated rings. The SMILES string of the molecule is CC[C@H](C(=O)NCc1ccc(N(CC)CC)cc1)N(c1ccc(C)cc1)S(C)(=O)=O. The zero-order valence-corrected chi connectivity index (χ0v) is 19.4. The molecule has 2 aromatic carbocycles.